The van der Waals surface area contributed by atoms with E-state index in [2.05, 4.69) is 21.4 Å². The van der Waals surface area contributed by atoms with E-state index in [4.69, 9.17) is 25.8 Å². The van der Waals surface area contributed by atoms with E-state index in [1.807, 2.05) is 50.2 Å². The smallest absolute Gasteiger partial charge is 0.321 e. The minimum absolute atomic E-state index is 0.0293. The summed E-state index contributed by atoms with van der Waals surface area (Å²) in [6, 6.07) is 12.0. The van der Waals surface area contributed by atoms with Crippen LogP contribution < -0.4 is 19.1 Å². The van der Waals surface area contributed by atoms with Gasteiger partial charge in [-0.2, -0.15) is 9.97 Å². The summed E-state index contributed by atoms with van der Waals surface area (Å²) in [4.78, 5) is 25.1. The van der Waals surface area contributed by atoms with Gasteiger partial charge in [0.05, 0.1) is 7.11 Å². The molecule has 0 spiro atoms. The average molecular weight is 495 g/mol. The Balaban J connectivity index is 1.52. The Labute approximate surface area is 209 Å². The number of carbonyl (C=O) groups is 1. The number of amides is 1. The highest BCUT2D eigenvalue weighted by molar-refractivity contribution is 6.35. The second-order valence-corrected chi connectivity index (χ2v) is 9.15. The summed E-state index contributed by atoms with van der Waals surface area (Å²) < 4.78 is 18.3. The van der Waals surface area contributed by atoms with Crippen molar-refractivity contribution in [2.75, 3.05) is 31.6 Å². The van der Waals surface area contributed by atoms with Crippen LogP contribution in [-0.4, -0.2) is 59.7 Å². The SMILES string of the molecule is C=CC(=O)N1CCN(c2nc(OC)nc3c2O[C@H](C)C(c2cccc4cccc(Cl)c24)O3)C[C@H]1C. The number of carbonyl (C=O) groups excluding carboxylic acids is 1. The van der Waals surface area contributed by atoms with E-state index in [-0.39, 0.29) is 24.1 Å². The molecule has 2 aliphatic rings. The lowest BCUT2D eigenvalue weighted by Crippen LogP contribution is -2.54. The van der Waals surface area contributed by atoms with Gasteiger partial charge in [-0.15, -0.1) is 0 Å². The zero-order chi connectivity index (χ0) is 24.7. The maximum Gasteiger partial charge on any atom is 0.321 e. The van der Waals surface area contributed by atoms with Crippen molar-refractivity contribution in [3.05, 3.63) is 59.6 Å². The molecule has 0 radical (unpaired) electrons. The summed E-state index contributed by atoms with van der Waals surface area (Å²) in [7, 11) is 1.52. The fourth-order valence-electron chi connectivity index (χ4n) is 4.82. The molecule has 2 aliphatic heterocycles. The molecule has 35 heavy (non-hydrogen) atoms. The van der Waals surface area contributed by atoms with Crippen LogP contribution in [0.1, 0.15) is 25.5 Å². The maximum atomic E-state index is 12.2. The van der Waals surface area contributed by atoms with Gasteiger partial charge in [-0.3, -0.25) is 4.79 Å². The zero-order valence-electron chi connectivity index (χ0n) is 19.9. The molecule has 0 aliphatic carbocycles. The third-order valence-corrected chi connectivity index (χ3v) is 6.84. The number of anilines is 1. The Hall–Kier alpha value is -3.52. The van der Waals surface area contributed by atoms with E-state index in [9.17, 15) is 4.79 Å². The Morgan fingerprint density at radius 3 is 2.66 bits per heavy atom. The highest BCUT2D eigenvalue weighted by atomic mass is 35.5. The molecule has 9 heteroatoms. The Kier molecular flexibility index (Phi) is 6.15. The van der Waals surface area contributed by atoms with Crippen LogP contribution in [0.15, 0.2) is 49.1 Å². The number of halogens is 1. The number of ether oxygens (including phenoxy) is 3. The third-order valence-electron chi connectivity index (χ3n) is 6.52. The molecular formula is C26H27ClN4O4. The van der Waals surface area contributed by atoms with Crippen molar-refractivity contribution in [2.45, 2.75) is 32.1 Å². The van der Waals surface area contributed by atoms with Gasteiger partial charge in [0.25, 0.3) is 5.88 Å². The molecule has 0 bridgehead atoms. The van der Waals surface area contributed by atoms with Crippen molar-refractivity contribution in [3.63, 3.8) is 0 Å². The van der Waals surface area contributed by atoms with Crippen molar-refractivity contribution in [1.82, 2.24) is 14.9 Å². The van der Waals surface area contributed by atoms with Crippen LogP contribution >= 0.6 is 11.6 Å². The van der Waals surface area contributed by atoms with E-state index >= 15 is 0 Å². The maximum absolute atomic E-state index is 12.2. The van der Waals surface area contributed by atoms with Crippen LogP contribution in [0.5, 0.6) is 17.6 Å². The van der Waals surface area contributed by atoms with E-state index < -0.39 is 6.10 Å². The first-order valence-electron chi connectivity index (χ1n) is 11.6. The van der Waals surface area contributed by atoms with Gasteiger partial charge in [0.1, 0.15) is 6.10 Å². The lowest BCUT2D eigenvalue weighted by atomic mass is 9.97. The predicted octanol–water partition coefficient (Wildman–Crippen LogP) is 4.42. The van der Waals surface area contributed by atoms with E-state index in [0.717, 1.165) is 16.3 Å². The van der Waals surface area contributed by atoms with Crippen molar-refractivity contribution in [2.24, 2.45) is 0 Å². The van der Waals surface area contributed by atoms with E-state index in [1.165, 1.54) is 13.2 Å². The third kappa shape index (κ3) is 4.12. The minimum Gasteiger partial charge on any atom is -0.478 e. The summed E-state index contributed by atoms with van der Waals surface area (Å²) in [5.74, 6) is 1.29. The molecule has 182 valence electrons. The number of benzene rings is 2. The summed E-state index contributed by atoms with van der Waals surface area (Å²) in [6.45, 7) is 9.26. The van der Waals surface area contributed by atoms with Crippen molar-refractivity contribution < 1.29 is 19.0 Å². The summed E-state index contributed by atoms with van der Waals surface area (Å²) in [5, 5.41) is 2.61. The topological polar surface area (TPSA) is 77.0 Å². The van der Waals surface area contributed by atoms with Crippen LogP contribution in [-0.2, 0) is 4.79 Å². The number of piperazine rings is 1. The quantitative estimate of drug-likeness (QED) is 0.497. The second-order valence-electron chi connectivity index (χ2n) is 8.75. The summed E-state index contributed by atoms with van der Waals surface area (Å²) >= 11 is 6.58. The van der Waals surface area contributed by atoms with E-state index in [1.54, 1.807) is 4.90 Å². The van der Waals surface area contributed by atoms with Crippen molar-refractivity contribution in [1.29, 1.82) is 0 Å². The van der Waals surface area contributed by atoms with Gasteiger partial charge in [0.2, 0.25) is 11.7 Å². The molecule has 1 fully saturated rings. The molecule has 0 saturated carbocycles. The summed E-state index contributed by atoms with van der Waals surface area (Å²) in [6.07, 6.45) is 0.584. The average Bonchev–Trinajstić information content (AvgIpc) is 2.87. The normalized spacial score (nSPS) is 21.7. The molecule has 1 unspecified atom stereocenters. The number of methoxy groups -OCH3 is 1. The van der Waals surface area contributed by atoms with Crippen molar-refractivity contribution >= 4 is 34.1 Å². The zero-order valence-corrected chi connectivity index (χ0v) is 20.7. The first-order valence-corrected chi connectivity index (χ1v) is 11.9. The molecule has 3 atom stereocenters. The van der Waals surface area contributed by atoms with Gasteiger partial charge in [0.15, 0.2) is 11.9 Å². The summed E-state index contributed by atoms with van der Waals surface area (Å²) in [5.41, 5.74) is 0.926. The monoisotopic (exact) mass is 494 g/mol. The first kappa shape index (κ1) is 23.2. The molecule has 3 heterocycles. The van der Waals surface area contributed by atoms with Crippen molar-refractivity contribution in [3.8, 4) is 17.6 Å². The number of hydrogen-bond donors (Lipinski definition) is 0. The first-order chi connectivity index (χ1) is 16.9. The highest BCUT2D eigenvalue weighted by Crippen LogP contribution is 2.46. The molecule has 1 saturated heterocycles. The van der Waals surface area contributed by atoms with Crippen LogP contribution in [0.2, 0.25) is 5.02 Å². The fourth-order valence-corrected chi connectivity index (χ4v) is 5.11. The number of aromatic nitrogens is 2. The van der Waals surface area contributed by atoms with Gasteiger partial charge in [-0.25, -0.2) is 0 Å². The molecule has 2 aromatic carbocycles. The van der Waals surface area contributed by atoms with Gasteiger partial charge in [-0.05, 0) is 31.4 Å². The lowest BCUT2D eigenvalue weighted by Gasteiger charge is -2.41. The molecule has 1 amide bonds. The number of rotatable bonds is 4. The van der Waals surface area contributed by atoms with Crippen LogP contribution in [0, 0.1) is 0 Å². The van der Waals surface area contributed by atoms with Crippen LogP contribution in [0.4, 0.5) is 5.82 Å². The molecule has 5 rings (SSSR count). The fraction of sp³-hybridized carbons (Fsp3) is 0.346. The van der Waals surface area contributed by atoms with Crippen LogP contribution in [0.3, 0.4) is 0 Å². The lowest BCUT2D eigenvalue weighted by molar-refractivity contribution is -0.128. The second kappa shape index (κ2) is 9.26. The number of nitrogens with zero attached hydrogens (tertiary/aromatic N) is 4. The Bertz CT molecular complexity index is 1290. The molecule has 3 aromatic rings. The molecule has 1 aromatic heterocycles. The molecule has 8 nitrogen and oxygen atoms in total. The van der Waals surface area contributed by atoms with Gasteiger partial charge in [0, 0.05) is 41.6 Å². The van der Waals surface area contributed by atoms with Gasteiger partial charge in [-0.1, -0.05) is 48.5 Å². The molecular weight excluding hydrogens is 468 g/mol. The Morgan fingerprint density at radius 1 is 1.17 bits per heavy atom. The van der Waals surface area contributed by atoms with Gasteiger partial charge >= 0.3 is 6.01 Å². The number of hydrogen-bond acceptors (Lipinski definition) is 7. The van der Waals surface area contributed by atoms with Crippen LogP contribution in [0.25, 0.3) is 10.8 Å². The Morgan fingerprint density at radius 2 is 1.94 bits per heavy atom. The molecule has 0 N–H and O–H groups in total. The van der Waals surface area contributed by atoms with E-state index in [0.29, 0.717) is 42.1 Å². The van der Waals surface area contributed by atoms with Gasteiger partial charge < -0.3 is 24.0 Å². The predicted molar refractivity (Wildman–Crippen MR) is 135 cm³/mol. The highest BCUT2D eigenvalue weighted by Gasteiger charge is 2.37. The number of fused-ring (bicyclic) bond motifs is 2. The standard InChI is InChI=1S/C26H27ClN4O4/c1-5-20(32)31-13-12-30(14-15(31)2)24-23-25(29-26(28-24)33-4)35-22(16(3)34-23)18-10-6-8-17-9-7-11-19(27)21(17)18/h5-11,15-16,22H,1,12-14H2,2-4H3/t15-,16-,22?/m1/s1. The largest absolute Gasteiger partial charge is 0.478 e. The minimum atomic E-state index is -0.431.